The number of anilines is 1. The van der Waals surface area contributed by atoms with Crippen molar-refractivity contribution in [2.75, 3.05) is 31.6 Å². The number of rotatable bonds is 3. The Morgan fingerprint density at radius 3 is 2.68 bits per heavy atom. The number of thioether (sulfide) groups is 1. The lowest BCUT2D eigenvalue weighted by Gasteiger charge is -2.25. The number of para-hydroxylation sites is 1. The Bertz CT molecular complexity index is 656. The first-order valence-electron chi connectivity index (χ1n) is 7.61. The van der Waals surface area contributed by atoms with E-state index in [1.165, 1.54) is 18.2 Å². The number of hydrogen-bond donors (Lipinski definition) is 0. The van der Waals surface area contributed by atoms with Crippen LogP contribution in [0.3, 0.4) is 0 Å². The maximum Gasteiger partial charge on any atom is 0.190 e. The van der Waals surface area contributed by atoms with Gasteiger partial charge < -0.3 is 4.90 Å². The summed E-state index contributed by atoms with van der Waals surface area (Å²) in [5.41, 5.74) is 1.34. The molecule has 4 nitrogen and oxygen atoms in total. The van der Waals surface area contributed by atoms with E-state index in [0.717, 1.165) is 41.5 Å². The van der Waals surface area contributed by atoms with Crippen molar-refractivity contribution < 1.29 is 4.79 Å². The van der Waals surface area contributed by atoms with Crippen LogP contribution in [0.1, 0.15) is 19.3 Å². The van der Waals surface area contributed by atoms with Gasteiger partial charge in [0.1, 0.15) is 16.7 Å². The van der Waals surface area contributed by atoms with Gasteiger partial charge in [0.05, 0.1) is 12.2 Å². The molecule has 0 atom stereocenters. The fraction of sp³-hybridized carbons (Fsp3) is 0.412. The third-order valence-corrected chi connectivity index (χ3v) is 5.39. The quantitative estimate of drug-likeness (QED) is 0.634. The molecule has 3 rings (SSSR count). The second-order valence-electron chi connectivity index (χ2n) is 5.68. The monoisotopic (exact) mass is 313 g/mol. The number of benzene rings is 1. The smallest absolute Gasteiger partial charge is 0.190 e. The van der Waals surface area contributed by atoms with Crippen LogP contribution in [-0.2, 0) is 4.79 Å². The van der Waals surface area contributed by atoms with Crippen LogP contribution in [0.2, 0.25) is 0 Å². The van der Waals surface area contributed by atoms with Gasteiger partial charge in [0.2, 0.25) is 0 Å². The van der Waals surface area contributed by atoms with E-state index in [2.05, 4.69) is 11.0 Å². The molecule has 0 aliphatic carbocycles. The molecular formula is C17H19N3OS. The standard InChI is InChI=1S/C17H19N3OS/c1-19-14-7-3-4-8-16(14)22-17(19)13(11-18)15(21)12-20-9-5-2-6-10-20/h3-4,7-8H,2,5-6,9-10,12H2,1H3/b17-13-. The number of Topliss-reactive ketones (excluding diaryl/α,β-unsaturated/α-hetero) is 1. The van der Waals surface area contributed by atoms with Crippen molar-refractivity contribution in [3.63, 3.8) is 0 Å². The minimum atomic E-state index is -0.0634. The number of nitriles is 1. The molecule has 2 aliphatic rings. The van der Waals surface area contributed by atoms with Crippen LogP contribution in [0, 0.1) is 11.3 Å². The zero-order chi connectivity index (χ0) is 15.5. The molecule has 0 radical (unpaired) electrons. The van der Waals surface area contributed by atoms with Crippen molar-refractivity contribution in [3.8, 4) is 6.07 Å². The predicted molar refractivity (Wildman–Crippen MR) is 88.6 cm³/mol. The summed E-state index contributed by atoms with van der Waals surface area (Å²) in [7, 11) is 1.92. The summed E-state index contributed by atoms with van der Waals surface area (Å²) >= 11 is 1.51. The van der Waals surface area contributed by atoms with Crippen LogP contribution in [0.15, 0.2) is 39.8 Å². The van der Waals surface area contributed by atoms with Crippen molar-refractivity contribution in [3.05, 3.63) is 34.9 Å². The Hall–Kier alpha value is -1.77. The van der Waals surface area contributed by atoms with Crippen LogP contribution in [-0.4, -0.2) is 37.4 Å². The number of nitrogens with zero attached hydrogens (tertiary/aromatic N) is 3. The number of piperidine rings is 1. The summed E-state index contributed by atoms with van der Waals surface area (Å²) in [6.45, 7) is 2.28. The molecule has 1 aromatic carbocycles. The number of hydrogen-bond acceptors (Lipinski definition) is 5. The van der Waals surface area contributed by atoms with Crippen LogP contribution in [0.5, 0.6) is 0 Å². The van der Waals surface area contributed by atoms with E-state index in [0.29, 0.717) is 6.54 Å². The average Bonchev–Trinajstić information content (AvgIpc) is 2.87. The molecule has 0 saturated carbocycles. The molecule has 5 heteroatoms. The highest BCUT2D eigenvalue weighted by atomic mass is 32.2. The van der Waals surface area contributed by atoms with E-state index >= 15 is 0 Å². The maximum atomic E-state index is 12.6. The molecule has 0 spiro atoms. The summed E-state index contributed by atoms with van der Waals surface area (Å²) in [5, 5.41) is 10.3. The van der Waals surface area contributed by atoms with Crippen molar-refractivity contribution >= 4 is 23.2 Å². The van der Waals surface area contributed by atoms with Crippen molar-refractivity contribution in [1.29, 1.82) is 5.26 Å². The van der Waals surface area contributed by atoms with Gasteiger partial charge in [0.25, 0.3) is 0 Å². The first kappa shape index (κ1) is 15.1. The summed E-state index contributed by atoms with van der Waals surface area (Å²) < 4.78 is 0. The van der Waals surface area contributed by atoms with Crippen LogP contribution < -0.4 is 4.90 Å². The van der Waals surface area contributed by atoms with Crippen LogP contribution >= 0.6 is 11.8 Å². The second-order valence-corrected chi connectivity index (χ2v) is 6.71. The lowest BCUT2D eigenvalue weighted by molar-refractivity contribution is -0.116. The number of likely N-dealkylation sites (tertiary alicyclic amines) is 1. The average molecular weight is 313 g/mol. The fourth-order valence-electron chi connectivity index (χ4n) is 2.95. The van der Waals surface area contributed by atoms with Crippen molar-refractivity contribution in [1.82, 2.24) is 4.90 Å². The van der Waals surface area contributed by atoms with Crippen LogP contribution in [0.25, 0.3) is 0 Å². The topological polar surface area (TPSA) is 47.3 Å². The van der Waals surface area contributed by atoms with Crippen LogP contribution in [0.4, 0.5) is 5.69 Å². The number of carbonyl (C=O) groups is 1. The van der Waals surface area contributed by atoms with Crippen molar-refractivity contribution in [2.45, 2.75) is 24.2 Å². The highest BCUT2D eigenvalue weighted by Gasteiger charge is 2.28. The Morgan fingerprint density at radius 2 is 2.00 bits per heavy atom. The molecule has 0 unspecified atom stereocenters. The molecule has 0 N–H and O–H groups in total. The lowest BCUT2D eigenvalue weighted by Crippen LogP contribution is -2.35. The van der Waals surface area contributed by atoms with E-state index in [9.17, 15) is 10.1 Å². The van der Waals surface area contributed by atoms with Gasteiger partial charge in [-0.25, -0.2) is 0 Å². The number of fused-ring (bicyclic) bond motifs is 1. The summed E-state index contributed by atoms with van der Waals surface area (Å²) in [4.78, 5) is 17.8. The molecule has 114 valence electrons. The molecular weight excluding hydrogens is 294 g/mol. The van der Waals surface area contributed by atoms with Crippen molar-refractivity contribution in [2.24, 2.45) is 0 Å². The number of ketones is 1. The minimum absolute atomic E-state index is 0.0634. The van der Waals surface area contributed by atoms with E-state index in [-0.39, 0.29) is 11.4 Å². The Kier molecular flexibility index (Phi) is 4.51. The van der Waals surface area contributed by atoms with Gasteiger partial charge in [-0.15, -0.1) is 0 Å². The molecule has 0 bridgehead atoms. The highest BCUT2D eigenvalue weighted by molar-refractivity contribution is 8.03. The van der Waals surface area contributed by atoms with Gasteiger partial charge in [0.15, 0.2) is 5.78 Å². The van der Waals surface area contributed by atoms with Gasteiger partial charge >= 0.3 is 0 Å². The van der Waals surface area contributed by atoms with Gasteiger partial charge in [0, 0.05) is 11.9 Å². The predicted octanol–water partition coefficient (Wildman–Crippen LogP) is 3.02. The minimum Gasteiger partial charge on any atom is -0.337 e. The Balaban J connectivity index is 1.82. The summed E-state index contributed by atoms with van der Waals surface area (Å²) in [5.74, 6) is -0.0634. The second kappa shape index (κ2) is 6.55. The first-order chi connectivity index (χ1) is 10.7. The summed E-state index contributed by atoms with van der Waals surface area (Å²) in [6, 6.07) is 10.1. The largest absolute Gasteiger partial charge is 0.337 e. The van der Waals surface area contributed by atoms with Gasteiger partial charge in [-0.05, 0) is 38.1 Å². The van der Waals surface area contributed by atoms with Gasteiger partial charge in [-0.3, -0.25) is 9.69 Å². The summed E-state index contributed by atoms with van der Waals surface area (Å²) in [6.07, 6.45) is 3.53. The molecule has 1 fully saturated rings. The highest BCUT2D eigenvalue weighted by Crippen LogP contribution is 2.46. The molecule has 0 amide bonds. The first-order valence-corrected chi connectivity index (χ1v) is 8.43. The molecule has 1 aromatic rings. The Morgan fingerprint density at radius 1 is 1.27 bits per heavy atom. The van der Waals surface area contributed by atoms with Gasteiger partial charge in [-0.1, -0.05) is 30.3 Å². The molecule has 2 aliphatic heterocycles. The maximum absolute atomic E-state index is 12.6. The third-order valence-electron chi connectivity index (χ3n) is 4.16. The number of carbonyl (C=O) groups excluding carboxylic acids is 1. The lowest BCUT2D eigenvalue weighted by atomic mass is 10.1. The zero-order valence-corrected chi connectivity index (χ0v) is 13.5. The van der Waals surface area contributed by atoms with E-state index in [4.69, 9.17) is 0 Å². The molecule has 2 heterocycles. The molecule has 22 heavy (non-hydrogen) atoms. The zero-order valence-electron chi connectivity index (χ0n) is 12.7. The van der Waals surface area contributed by atoms with E-state index in [1.54, 1.807) is 0 Å². The fourth-order valence-corrected chi connectivity index (χ4v) is 4.11. The SMILES string of the molecule is CN1/C(=C(\C#N)C(=O)CN2CCCCC2)Sc2ccccc21. The van der Waals surface area contributed by atoms with E-state index < -0.39 is 0 Å². The molecule has 0 aromatic heterocycles. The normalized spacial score (nSPS) is 20.5. The molecule has 1 saturated heterocycles. The van der Waals surface area contributed by atoms with Gasteiger partial charge in [-0.2, -0.15) is 5.26 Å². The third kappa shape index (κ3) is 2.90. The van der Waals surface area contributed by atoms with E-state index in [1.807, 2.05) is 36.2 Å². The Labute approximate surface area is 135 Å².